The molecule has 0 heterocycles. The maximum Gasteiger partial charge on any atom is -0.0261 e. The Morgan fingerprint density at radius 2 is 1.68 bits per heavy atom. The lowest BCUT2D eigenvalue weighted by Gasteiger charge is -2.51. The van der Waals surface area contributed by atoms with Crippen LogP contribution in [0.2, 0.25) is 0 Å². The van der Waals surface area contributed by atoms with Gasteiger partial charge >= 0.3 is 0 Å². The van der Waals surface area contributed by atoms with Crippen molar-refractivity contribution in [1.82, 2.24) is 0 Å². The van der Waals surface area contributed by atoms with Gasteiger partial charge in [0.05, 0.1) is 0 Å². The lowest BCUT2D eigenvalue weighted by molar-refractivity contribution is -0.0355. The first-order valence-electron chi connectivity index (χ1n) is 9.29. The maximum atomic E-state index is 2.69. The van der Waals surface area contributed by atoms with E-state index in [2.05, 4.69) is 6.92 Å². The van der Waals surface area contributed by atoms with Crippen molar-refractivity contribution in [2.45, 2.75) is 58.3 Å². The number of rotatable bonds is 0. The zero-order valence-electron chi connectivity index (χ0n) is 12.4. The molecule has 10 atom stereocenters. The highest BCUT2D eigenvalue weighted by Crippen LogP contribution is 2.80. The molecule has 0 spiro atoms. The van der Waals surface area contributed by atoms with E-state index in [0.29, 0.717) is 0 Å². The Morgan fingerprint density at radius 3 is 2.63 bits per heavy atom. The second kappa shape index (κ2) is 3.09. The molecule has 0 heteroatoms. The van der Waals surface area contributed by atoms with Crippen LogP contribution in [0.25, 0.3) is 0 Å². The average molecular weight is 256 g/mol. The Hall–Kier alpha value is 0. The summed E-state index contributed by atoms with van der Waals surface area (Å²) in [6.45, 7) is 2.69. The van der Waals surface area contributed by atoms with E-state index in [4.69, 9.17) is 0 Å². The summed E-state index contributed by atoms with van der Waals surface area (Å²) in [4.78, 5) is 0. The van der Waals surface area contributed by atoms with Gasteiger partial charge in [-0.2, -0.15) is 0 Å². The SMILES string of the molecule is CC12CCCC3CCC4C3C3CC5CCC1C2C5C43. The van der Waals surface area contributed by atoms with E-state index in [1.54, 1.807) is 51.4 Å². The molecule has 0 nitrogen and oxygen atoms in total. The lowest BCUT2D eigenvalue weighted by Crippen LogP contribution is -2.46. The Bertz CT molecular complexity index is 439. The first kappa shape index (κ1) is 10.7. The van der Waals surface area contributed by atoms with Crippen molar-refractivity contribution in [2.24, 2.45) is 58.7 Å². The van der Waals surface area contributed by atoms with E-state index < -0.39 is 0 Å². The minimum atomic E-state index is 0.816. The predicted molar refractivity (Wildman–Crippen MR) is 76.5 cm³/mol. The molecular formula is C19H28. The van der Waals surface area contributed by atoms with E-state index in [1.807, 2.05) is 0 Å². The highest BCUT2D eigenvalue weighted by Gasteiger charge is 2.74. The number of hydrogen-bond acceptors (Lipinski definition) is 0. The van der Waals surface area contributed by atoms with Crippen LogP contribution < -0.4 is 0 Å². The van der Waals surface area contributed by atoms with Crippen molar-refractivity contribution in [2.75, 3.05) is 0 Å². The second-order valence-corrected chi connectivity index (χ2v) is 9.50. The molecule has 0 aliphatic heterocycles. The molecular weight excluding hydrogens is 228 g/mol. The van der Waals surface area contributed by atoms with Gasteiger partial charge in [0.15, 0.2) is 0 Å². The van der Waals surface area contributed by atoms with Crippen molar-refractivity contribution in [3.8, 4) is 0 Å². The van der Waals surface area contributed by atoms with Crippen molar-refractivity contribution < 1.29 is 0 Å². The zero-order chi connectivity index (χ0) is 12.4. The molecule has 0 aromatic heterocycles. The molecule has 19 heavy (non-hydrogen) atoms. The first-order chi connectivity index (χ1) is 9.29. The van der Waals surface area contributed by atoms with Crippen LogP contribution in [-0.4, -0.2) is 0 Å². The van der Waals surface area contributed by atoms with E-state index in [1.165, 1.54) is 53.3 Å². The Labute approximate surface area is 117 Å². The third-order valence-corrected chi connectivity index (χ3v) is 9.44. The van der Waals surface area contributed by atoms with Crippen LogP contribution in [0.5, 0.6) is 0 Å². The Kier molecular flexibility index (Phi) is 1.74. The van der Waals surface area contributed by atoms with Crippen LogP contribution >= 0.6 is 0 Å². The summed E-state index contributed by atoms with van der Waals surface area (Å²) in [7, 11) is 0. The fourth-order valence-electron chi connectivity index (χ4n) is 8.98. The van der Waals surface area contributed by atoms with E-state index in [0.717, 1.165) is 5.41 Å². The van der Waals surface area contributed by atoms with Crippen LogP contribution in [0.3, 0.4) is 0 Å². The minimum Gasteiger partial charge on any atom is -0.0591 e. The van der Waals surface area contributed by atoms with Crippen LogP contribution in [0, 0.1) is 58.7 Å². The molecule has 7 rings (SSSR count). The van der Waals surface area contributed by atoms with Gasteiger partial charge < -0.3 is 0 Å². The smallest absolute Gasteiger partial charge is 0.0261 e. The van der Waals surface area contributed by atoms with E-state index in [-0.39, 0.29) is 0 Å². The molecule has 0 aromatic carbocycles. The third-order valence-electron chi connectivity index (χ3n) is 9.44. The van der Waals surface area contributed by atoms with E-state index in [9.17, 15) is 0 Å². The fourth-order valence-corrected chi connectivity index (χ4v) is 8.98. The summed E-state index contributed by atoms with van der Waals surface area (Å²) in [6.07, 6.45) is 12.9. The molecule has 7 aliphatic carbocycles. The topological polar surface area (TPSA) is 0 Å². The summed E-state index contributed by atoms with van der Waals surface area (Å²) in [5, 5.41) is 0. The van der Waals surface area contributed by atoms with Gasteiger partial charge in [-0.05, 0) is 97.2 Å². The molecule has 0 amide bonds. The van der Waals surface area contributed by atoms with Crippen LogP contribution in [0.4, 0.5) is 0 Å². The summed E-state index contributed by atoms with van der Waals surface area (Å²) < 4.78 is 0. The maximum absolute atomic E-state index is 2.69. The highest BCUT2D eigenvalue weighted by molar-refractivity contribution is 5.22. The predicted octanol–water partition coefficient (Wildman–Crippen LogP) is 4.74. The molecule has 10 unspecified atom stereocenters. The van der Waals surface area contributed by atoms with Crippen LogP contribution in [-0.2, 0) is 0 Å². The molecule has 0 saturated heterocycles. The molecule has 7 fully saturated rings. The van der Waals surface area contributed by atoms with Gasteiger partial charge in [0, 0.05) is 0 Å². The fraction of sp³-hybridized carbons (Fsp3) is 1.00. The van der Waals surface area contributed by atoms with E-state index >= 15 is 0 Å². The quantitative estimate of drug-likeness (QED) is 0.587. The van der Waals surface area contributed by atoms with Crippen molar-refractivity contribution in [3.05, 3.63) is 0 Å². The summed E-state index contributed by atoms with van der Waals surface area (Å²) >= 11 is 0. The number of hydrogen-bond donors (Lipinski definition) is 0. The van der Waals surface area contributed by atoms with Gasteiger partial charge in [-0.3, -0.25) is 0 Å². The largest absolute Gasteiger partial charge is 0.0591 e. The highest BCUT2D eigenvalue weighted by atomic mass is 14.8. The van der Waals surface area contributed by atoms with Crippen molar-refractivity contribution in [3.63, 3.8) is 0 Å². The van der Waals surface area contributed by atoms with Gasteiger partial charge in [0.2, 0.25) is 0 Å². The average Bonchev–Trinajstić information content (AvgIpc) is 2.69. The molecule has 0 aromatic rings. The van der Waals surface area contributed by atoms with Crippen LogP contribution in [0.15, 0.2) is 0 Å². The summed E-state index contributed by atoms with van der Waals surface area (Å²) in [5.41, 5.74) is 0.816. The zero-order valence-corrected chi connectivity index (χ0v) is 12.4. The second-order valence-electron chi connectivity index (χ2n) is 9.50. The molecule has 0 radical (unpaired) electrons. The molecule has 0 N–H and O–H groups in total. The van der Waals surface area contributed by atoms with Crippen molar-refractivity contribution in [1.29, 1.82) is 0 Å². The monoisotopic (exact) mass is 256 g/mol. The molecule has 7 saturated carbocycles. The van der Waals surface area contributed by atoms with Gasteiger partial charge in [0.25, 0.3) is 0 Å². The third kappa shape index (κ3) is 1.03. The number of fused-ring (bicyclic) bond motifs is 2. The minimum absolute atomic E-state index is 0.816. The van der Waals surface area contributed by atoms with Crippen molar-refractivity contribution >= 4 is 0 Å². The van der Waals surface area contributed by atoms with Crippen LogP contribution in [0.1, 0.15) is 58.3 Å². The normalized spacial score (nSPS) is 71.5. The van der Waals surface area contributed by atoms with Gasteiger partial charge in [-0.25, -0.2) is 0 Å². The molecule has 7 aliphatic rings. The first-order valence-corrected chi connectivity index (χ1v) is 9.29. The summed E-state index contributed by atoms with van der Waals surface area (Å²) in [5.74, 6) is 10.8. The molecule has 6 bridgehead atoms. The molecule has 104 valence electrons. The van der Waals surface area contributed by atoms with Gasteiger partial charge in [-0.15, -0.1) is 0 Å². The Morgan fingerprint density at radius 1 is 0.789 bits per heavy atom. The van der Waals surface area contributed by atoms with Gasteiger partial charge in [0.1, 0.15) is 0 Å². The Balaban J connectivity index is 1.47. The summed E-state index contributed by atoms with van der Waals surface area (Å²) in [6, 6.07) is 0. The lowest BCUT2D eigenvalue weighted by atomic mass is 9.54. The standard InChI is InChI=1S/C19H28/c1-19-8-2-3-10-4-6-12-15(10)13-9-11-5-7-14(19)18(19)16(11)17(12)13/h10-18H,2-9H2,1H3. The van der Waals surface area contributed by atoms with Gasteiger partial charge in [-0.1, -0.05) is 19.8 Å².